The van der Waals surface area contributed by atoms with Gasteiger partial charge in [0.1, 0.15) is 0 Å². The lowest BCUT2D eigenvalue weighted by Gasteiger charge is -2.11. The van der Waals surface area contributed by atoms with Crippen LogP contribution >= 0.6 is 23.2 Å². The predicted molar refractivity (Wildman–Crippen MR) is 97.6 cm³/mol. The summed E-state index contributed by atoms with van der Waals surface area (Å²) in [6, 6.07) is 11.8. The molecule has 0 aliphatic carbocycles. The summed E-state index contributed by atoms with van der Waals surface area (Å²) in [6.45, 7) is 3.70. The van der Waals surface area contributed by atoms with Crippen molar-refractivity contribution in [1.29, 1.82) is 0 Å². The van der Waals surface area contributed by atoms with Crippen LogP contribution in [0.5, 0.6) is 0 Å². The van der Waals surface area contributed by atoms with Crippen molar-refractivity contribution in [2.24, 2.45) is 5.10 Å². The third-order valence-electron chi connectivity index (χ3n) is 3.58. The van der Waals surface area contributed by atoms with E-state index in [1.165, 1.54) is 12.1 Å². The highest BCUT2D eigenvalue weighted by Gasteiger charge is 2.24. The highest BCUT2D eigenvalue weighted by atomic mass is 35.5. The molecule has 0 unspecified atom stereocenters. The smallest absolute Gasteiger partial charge is 0.276 e. The molecule has 0 aromatic heterocycles. The number of halogens is 2. The van der Waals surface area contributed by atoms with Crippen molar-refractivity contribution in [2.45, 2.75) is 11.8 Å². The van der Waals surface area contributed by atoms with Gasteiger partial charge in [0.15, 0.2) is 5.17 Å². The molecular weight excluding hydrogens is 369 g/mol. The summed E-state index contributed by atoms with van der Waals surface area (Å²) in [7, 11) is -3.79. The average Bonchev–Trinajstić information content (AvgIpc) is 3.38. The highest BCUT2D eigenvalue weighted by molar-refractivity contribution is 7.89. The molecule has 0 radical (unpaired) electrons. The van der Waals surface area contributed by atoms with Crippen LogP contribution in [0.3, 0.4) is 0 Å². The molecule has 2 aromatic carbocycles. The number of benzene rings is 2. The zero-order chi connectivity index (χ0) is 17.3. The quantitative estimate of drug-likeness (QED) is 0.489. The maximum Gasteiger partial charge on any atom is 0.276 e. The van der Waals surface area contributed by atoms with Gasteiger partial charge in [-0.25, -0.2) is 0 Å². The maximum atomic E-state index is 12.3. The molecule has 126 valence electrons. The minimum absolute atomic E-state index is 0.00168. The fourth-order valence-corrected chi connectivity index (χ4v) is 3.61. The first kappa shape index (κ1) is 17.1. The molecule has 0 bridgehead atoms. The molecule has 0 saturated carbocycles. The van der Waals surface area contributed by atoms with Crippen molar-refractivity contribution in [3.05, 3.63) is 58.6 Å². The number of hydrazone groups is 1. The Hall–Kier alpha value is -1.76. The summed E-state index contributed by atoms with van der Waals surface area (Å²) >= 11 is 12.4. The third kappa shape index (κ3) is 3.66. The molecular formula is C16H15Cl2N3O2S. The molecule has 1 N–H and O–H groups in total. The van der Waals surface area contributed by atoms with Gasteiger partial charge in [0.2, 0.25) is 0 Å². The van der Waals surface area contributed by atoms with Crippen LogP contribution in [0.2, 0.25) is 5.02 Å². The van der Waals surface area contributed by atoms with Gasteiger partial charge in [-0.3, -0.25) is 0 Å². The second-order valence-electron chi connectivity index (χ2n) is 5.43. The summed E-state index contributed by atoms with van der Waals surface area (Å²) < 4.78 is 24.6. The SMILES string of the molecule is Cc1ccc(S(=O)(=O)N/N=C(/Cl)c2c(Cl)cccc2N2CC2)cc1. The first-order valence-corrected chi connectivity index (χ1v) is 9.48. The number of rotatable bonds is 5. The molecule has 1 saturated heterocycles. The van der Waals surface area contributed by atoms with Crippen LogP contribution in [0.25, 0.3) is 0 Å². The van der Waals surface area contributed by atoms with Gasteiger partial charge < -0.3 is 4.90 Å². The normalized spacial score (nSPS) is 14.6. The van der Waals surface area contributed by atoms with Gasteiger partial charge >= 0.3 is 0 Å². The van der Waals surface area contributed by atoms with E-state index in [9.17, 15) is 8.42 Å². The topological polar surface area (TPSA) is 61.5 Å². The lowest BCUT2D eigenvalue weighted by atomic mass is 10.2. The lowest BCUT2D eigenvalue weighted by molar-refractivity contribution is 0.584. The summed E-state index contributed by atoms with van der Waals surface area (Å²) in [6.07, 6.45) is 0. The van der Waals surface area contributed by atoms with E-state index < -0.39 is 10.0 Å². The number of sulfonamides is 1. The molecule has 1 fully saturated rings. The molecule has 3 rings (SSSR count). The first-order chi connectivity index (χ1) is 11.4. The molecule has 1 aliphatic heterocycles. The molecule has 24 heavy (non-hydrogen) atoms. The van der Waals surface area contributed by atoms with Gasteiger partial charge in [-0.05, 0) is 31.2 Å². The Bertz CT molecular complexity index is 892. The monoisotopic (exact) mass is 383 g/mol. The molecule has 5 nitrogen and oxygen atoms in total. The fraction of sp³-hybridized carbons (Fsp3) is 0.188. The summed E-state index contributed by atoms with van der Waals surface area (Å²) in [5, 5.41) is 4.25. The molecule has 8 heteroatoms. The molecule has 0 amide bonds. The van der Waals surface area contributed by atoms with Gasteiger partial charge in [-0.15, -0.1) is 0 Å². The number of hydrogen-bond donors (Lipinski definition) is 1. The van der Waals surface area contributed by atoms with Crippen molar-refractivity contribution in [2.75, 3.05) is 18.0 Å². The van der Waals surface area contributed by atoms with Crippen LogP contribution in [0.4, 0.5) is 5.69 Å². The van der Waals surface area contributed by atoms with Crippen molar-refractivity contribution in [3.8, 4) is 0 Å². The number of aryl methyl sites for hydroxylation is 1. The fourth-order valence-electron chi connectivity index (χ4n) is 2.20. The van der Waals surface area contributed by atoms with Crippen LogP contribution in [0.1, 0.15) is 11.1 Å². The molecule has 1 heterocycles. The van der Waals surface area contributed by atoms with Crippen LogP contribution in [-0.4, -0.2) is 26.7 Å². The van der Waals surface area contributed by atoms with Crippen LogP contribution in [0.15, 0.2) is 52.5 Å². The van der Waals surface area contributed by atoms with Gasteiger partial charge in [0.05, 0.1) is 15.5 Å². The Labute approximate surface area is 150 Å². The second-order valence-corrected chi connectivity index (χ2v) is 7.86. The minimum atomic E-state index is -3.79. The van der Waals surface area contributed by atoms with Gasteiger partial charge in [0.25, 0.3) is 10.0 Å². The first-order valence-electron chi connectivity index (χ1n) is 7.24. The summed E-state index contributed by atoms with van der Waals surface area (Å²) in [5.41, 5.74) is 2.32. The molecule has 0 spiro atoms. The van der Waals surface area contributed by atoms with E-state index in [1.807, 2.05) is 19.1 Å². The van der Waals surface area contributed by atoms with E-state index >= 15 is 0 Å². The number of nitrogens with zero attached hydrogens (tertiary/aromatic N) is 2. The maximum absolute atomic E-state index is 12.3. The van der Waals surface area contributed by atoms with Gasteiger partial charge in [0, 0.05) is 18.8 Å². The highest BCUT2D eigenvalue weighted by Crippen LogP contribution is 2.32. The van der Waals surface area contributed by atoms with Crippen molar-refractivity contribution < 1.29 is 8.42 Å². The van der Waals surface area contributed by atoms with Gasteiger partial charge in [-0.1, -0.05) is 47.0 Å². The Morgan fingerprint density at radius 2 is 1.83 bits per heavy atom. The largest absolute Gasteiger partial charge is 0.367 e. The number of hydrogen-bond acceptors (Lipinski definition) is 4. The Morgan fingerprint density at radius 1 is 1.17 bits per heavy atom. The summed E-state index contributed by atoms with van der Waals surface area (Å²) in [5.74, 6) is 0. The lowest BCUT2D eigenvalue weighted by Crippen LogP contribution is -2.19. The van der Waals surface area contributed by atoms with E-state index in [1.54, 1.807) is 18.2 Å². The standard InChI is InChI=1S/C16H15Cl2N3O2S/c1-11-5-7-12(8-6-11)24(22,23)20-19-16(18)15-13(17)3-2-4-14(15)21-9-10-21/h2-8,20H,9-10H2,1H3/b19-16+. The Morgan fingerprint density at radius 3 is 2.46 bits per heavy atom. The van der Waals surface area contributed by atoms with Crippen molar-refractivity contribution >= 4 is 44.1 Å². The molecule has 0 atom stereocenters. The van der Waals surface area contributed by atoms with Gasteiger partial charge in [-0.2, -0.15) is 18.4 Å². The molecule has 2 aromatic rings. The third-order valence-corrected chi connectivity index (χ3v) is 5.39. The molecule has 1 aliphatic rings. The summed E-state index contributed by atoms with van der Waals surface area (Å²) in [4.78, 5) is 4.34. The zero-order valence-electron chi connectivity index (χ0n) is 12.8. The number of nitrogens with one attached hydrogen (secondary N) is 1. The van der Waals surface area contributed by atoms with Crippen molar-refractivity contribution in [1.82, 2.24) is 4.83 Å². The van der Waals surface area contributed by atoms with E-state index in [2.05, 4.69) is 14.8 Å². The van der Waals surface area contributed by atoms with E-state index in [-0.39, 0.29) is 10.1 Å². The average molecular weight is 384 g/mol. The minimum Gasteiger partial charge on any atom is -0.367 e. The van der Waals surface area contributed by atoms with Crippen LogP contribution in [0, 0.1) is 6.92 Å². The zero-order valence-corrected chi connectivity index (χ0v) is 15.2. The van der Waals surface area contributed by atoms with Crippen LogP contribution < -0.4 is 9.73 Å². The Balaban J connectivity index is 1.88. The van der Waals surface area contributed by atoms with E-state index in [4.69, 9.17) is 23.2 Å². The Kier molecular flexibility index (Phi) is 4.71. The second kappa shape index (κ2) is 6.63. The number of anilines is 1. The van der Waals surface area contributed by atoms with Crippen molar-refractivity contribution in [3.63, 3.8) is 0 Å². The van der Waals surface area contributed by atoms with E-state index in [0.717, 1.165) is 24.3 Å². The van der Waals surface area contributed by atoms with Crippen LogP contribution in [-0.2, 0) is 10.0 Å². The van der Waals surface area contributed by atoms with E-state index in [0.29, 0.717) is 10.6 Å². The predicted octanol–water partition coefficient (Wildman–Crippen LogP) is 3.35.